The van der Waals surface area contributed by atoms with Crippen molar-refractivity contribution in [1.82, 2.24) is 0 Å². The smallest absolute Gasteiger partial charge is 0.128 e. The van der Waals surface area contributed by atoms with Gasteiger partial charge in [0.25, 0.3) is 0 Å². The highest BCUT2D eigenvalue weighted by atomic mass is 16.5. The van der Waals surface area contributed by atoms with Crippen LogP contribution in [0.2, 0.25) is 0 Å². The molecule has 0 fully saturated rings. The van der Waals surface area contributed by atoms with E-state index >= 15 is 0 Å². The van der Waals surface area contributed by atoms with Crippen LogP contribution in [-0.2, 0) is 4.74 Å². The van der Waals surface area contributed by atoms with Gasteiger partial charge in [-0.3, -0.25) is 0 Å². The molecule has 106 valence electrons. The van der Waals surface area contributed by atoms with E-state index in [4.69, 9.17) is 19.9 Å². The molecule has 1 aliphatic heterocycles. The second kappa shape index (κ2) is 5.39. The van der Waals surface area contributed by atoms with Crippen LogP contribution in [0.3, 0.4) is 0 Å². The zero-order valence-electron chi connectivity index (χ0n) is 12.1. The summed E-state index contributed by atoms with van der Waals surface area (Å²) in [7, 11) is 1.66. The molecule has 1 aromatic rings. The van der Waals surface area contributed by atoms with Crippen molar-refractivity contribution in [3.8, 4) is 11.5 Å². The summed E-state index contributed by atoms with van der Waals surface area (Å²) >= 11 is 0. The van der Waals surface area contributed by atoms with Crippen molar-refractivity contribution < 1.29 is 14.2 Å². The van der Waals surface area contributed by atoms with E-state index in [1.165, 1.54) is 0 Å². The first-order chi connectivity index (χ1) is 8.91. The van der Waals surface area contributed by atoms with E-state index in [1.54, 1.807) is 7.11 Å². The molecule has 19 heavy (non-hydrogen) atoms. The molecule has 2 atom stereocenters. The number of benzene rings is 1. The Balaban J connectivity index is 2.18. The topological polar surface area (TPSA) is 53.7 Å². The van der Waals surface area contributed by atoms with Crippen LogP contribution >= 0.6 is 0 Å². The summed E-state index contributed by atoms with van der Waals surface area (Å²) in [6, 6.07) is 5.86. The summed E-state index contributed by atoms with van der Waals surface area (Å²) < 4.78 is 16.8. The lowest BCUT2D eigenvalue weighted by Crippen LogP contribution is -2.37. The van der Waals surface area contributed by atoms with Gasteiger partial charge in [0, 0.05) is 31.2 Å². The van der Waals surface area contributed by atoms with Gasteiger partial charge in [-0.05, 0) is 26.8 Å². The molecule has 0 radical (unpaired) electrons. The fourth-order valence-electron chi connectivity index (χ4n) is 2.46. The second-order valence-electron chi connectivity index (χ2n) is 5.76. The van der Waals surface area contributed by atoms with Crippen LogP contribution in [0.25, 0.3) is 0 Å². The summed E-state index contributed by atoms with van der Waals surface area (Å²) in [6.45, 7) is 6.64. The van der Waals surface area contributed by atoms with E-state index in [2.05, 4.69) is 13.8 Å². The summed E-state index contributed by atoms with van der Waals surface area (Å²) in [5, 5.41) is 0. The largest absolute Gasteiger partial charge is 0.488 e. The van der Waals surface area contributed by atoms with Gasteiger partial charge in [-0.25, -0.2) is 0 Å². The summed E-state index contributed by atoms with van der Waals surface area (Å²) in [6.07, 6.45) is 0.827. The molecule has 4 heteroatoms. The number of hydrogen-bond acceptors (Lipinski definition) is 4. The first kappa shape index (κ1) is 14.2. The van der Waals surface area contributed by atoms with Gasteiger partial charge in [-0.1, -0.05) is 6.07 Å². The van der Waals surface area contributed by atoms with Crippen LogP contribution in [0, 0.1) is 0 Å². The van der Waals surface area contributed by atoms with Gasteiger partial charge in [0.2, 0.25) is 0 Å². The predicted molar refractivity (Wildman–Crippen MR) is 74.7 cm³/mol. The first-order valence-electron chi connectivity index (χ1n) is 6.65. The molecule has 0 spiro atoms. The molecule has 0 aromatic heterocycles. The Morgan fingerprint density at radius 1 is 1.47 bits per heavy atom. The van der Waals surface area contributed by atoms with Gasteiger partial charge in [-0.2, -0.15) is 0 Å². The van der Waals surface area contributed by atoms with E-state index in [9.17, 15) is 0 Å². The first-order valence-corrected chi connectivity index (χ1v) is 6.65. The van der Waals surface area contributed by atoms with Crippen molar-refractivity contribution in [3.05, 3.63) is 23.8 Å². The van der Waals surface area contributed by atoms with Crippen molar-refractivity contribution >= 4 is 0 Å². The van der Waals surface area contributed by atoms with E-state index in [-0.39, 0.29) is 17.7 Å². The highest BCUT2D eigenvalue weighted by molar-refractivity contribution is 5.44. The van der Waals surface area contributed by atoms with Crippen LogP contribution in [-0.4, -0.2) is 25.4 Å². The SMILES string of the molecule is COCC(C)Oc1ccc2c(c1)OC(C)(C)CC2N. The molecule has 1 heterocycles. The quantitative estimate of drug-likeness (QED) is 0.909. The van der Waals surface area contributed by atoms with Crippen molar-refractivity contribution in [3.63, 3.8) is 0 Å². The number of hydrogen-bond donors (Lipinski definition) is 1. The third kappa shape index (κ3) is 3.39. The van der Waals surface area contributed by atoms with Crippen molar-refractivity contribution in [2.75, 3.05) is 13.7 Å². The van der Waals surface area contributed by atoms with Crippen molar-refractivity contribution in [1.29, 1.82) is 0 Å². The Bertz CT molecular complexity index is 445. The van der Waals surface area contributed by atoms with Gasteiger partial charge in [-0.15, -0.1) is 0 Å². The number of nitrogens with two attached hydrogens (primary N) is 1. The third-order valence-corrected chi connectivity index (χ3v) is 3.22. The minimum Gasteiger partial charge on any atom is -0.488 e. The van der Waals surface area contributed by atoms with Gasteiger partial charge >= 0.3 is 0 Å². The Labute approximate surface area is 114 Å². The minimum absolute atomic E-state index is 0.00771. The molecule has 0 aliphatic carbocycles. The molecule has 1 aromatic carbocycles. The van der Waals surface area contributed by atoms with E-state index in [0.717, 1.165) is 23.5 Å². The molecule has 0 saturated heterocycles. The lowest BCUT2D eigenvalue weighted by molar-refractivity contribution is 0.0704. The highest BCUT2D eigenvalue weighted by Crippen LogP contribution is 2.40. The van der Waals surface area contributed by atoms with E-state index in [0.29, 0.717) is 6.61 Å². The standard InChI is InChI=1S/C15H23NO3/c1-10(9-17-4)18-11-5-6-12-13(16)8-15(2,3)19-14(12)7-11/h5-7,10,13H,8-9,16H2,1-4H3. The lowest BCUT2D eigenvalue weighted by atomic mass is 9.90. The number of rotatable bonds is 4. The average Bonchev–Trinajstić information content (AvgIpc) is 2.26. The minimum atomic E-state index is -0.233. The molecule has 2 unspecified atom stereocenters. The van der Waals surface area contributed by atoms with E-state index in [1.807, 2.05) is 25.1 Å². The van der Waals surface area contributed by atoms with Crippen molar-refractivity contribution in [2.45, 2.75) is 44.9 Å². The normalized spacial score (nSPS) is 22.3. The highest BCUT2D eigenvalue weighted by Gasteiger charge is 2.32. The molecular weight excluding hydrogens is 242 g/mol. The van der Waals surface area contributed by atoms with Gasteiger partial charge < -0.3 is 19.9 Å². The lowest BCUT2D eigenvalue weighted by Gasteiger charge is -2.36. The maximum absolute atomic E-state index is 6.18. The Morgan fingerprint density at radius 3 is 2.89 bits per heavy atom. The number of methoxy groups -OCH3 is 1. The third-order valence-electron chi connectivity index (χ3n) is 3.22. The van der Waals surface area contributed by atoms with Gasteiger partial charge in [0.05, 0.1) is 6.61 Å². The van der Waals surface area contributed by atoms with Gasteiger partial charge in [0.15, 0.2) is 0 Å². The van der Waals surface area contributed by atoms with Crippen LogP contribution in [0.1, 0.15) is 38.8 Å². The Kier molecular flexibility index (Phi) is 4.02. The summed E-state index contributed by atoms with van der Waals surface area (Å²) in [5.74, 6) is 1.61. The second-order valence-corrected chi connectivity index (χ2v) is 5.76. The van der Waals surface area contributed by atoms with Crippen molar-refractivity contribution in [2.24, 2.45) is 5.73 Å². The predicted octanol–water partition coefficient (Wildman–Crippen LogP) is 2.66. The Morgan fingerprint density at radius 2 is 2.21 bits per heavy atom. The van der Waals surface area contributed by atoms with Crippen LogP contribution in [0.4, 0.5) is 0 Å². The fourth-order valence-corrected chi connectivity index (χ4v) is 2.46. The maximum Gasteiger partial charge on any atom is 0.128 e. The number of ether oxygens (including phenoxy) is 3. The molecule has 2 N–H and O–H groups in total. The molecule has 0 amide bonds. The maximum atomic E-state index is 6.18. The van der Waals surface area contributed by atoms with Gasteiger partial charge in [0.1, 0.15) is 23.2 Å². The monoisotopic (exact) mass is 265 g/mol. The average molecular weight is 265 g/mol. The molecule has 4 nitrogen and oxygen atoms in total. The summed E-state index contributed by atoms with van der Waals surface area (Å²) in [4.78, 5) is 0. The van der Waals surface area contributed by atoms with Crippen LogP contribution in [0.15, 0.2) is 18.2 Å². The Hall–Kier alpha value is -1.26. The summed E-state index contributed by atoms with van der Waals surface area (Å²) in [5.41, 5.74) is 6.99. The molecule has 2 rings (SSSR count). The fraction of sp³-hybridized carbons (Fsp3) is 0.600. The molecule has 1 aliphatic rings. The zero-order chi connectivity index (χ0) is 14.0. The molecule has 0 bridgehead atoms. The zero-order valence-corrected chi connectivity index (χ0v) is 12.1. The van der Waals surface area contributed by atoms with E-state index < -0.39 is 0 Å². The van der Waals surface area contributed by atoms with Crippen LogP contribution in [0.5, 0.6) is 11.5 Å². The molecular formula is C15H23NO3. The number of fused-ring (bicyclic) bond motifs is 1. The molecule has 0 saturated carbocycles. The van der Waals surface area contributed by atoms with Crippen LogP contribution < -0.4 is 15.2 Å².